The Hall–Kier alpha value is -3.12. The van der Waals surface area contributed by atoms with Crippen molar-refractivity contribution in [2.45, 2.75) is 52.2 Å². The summed E-state index contributed by atoms with van der Waals surface area (Å²) in [7, 11) is 0. The van der Waals surface area contributed by atoms with Gasteiger partial charge in [-0.15, -0.1) is 10.2 Å². The number of carbonyl (C=O) groups is 1. The van der Waals surface area contributed by atoms with Crippen LogP contribution in [0.15, 0.2) is 65.8 Å². The number of hydrogen-bond acceptors (Lipinski definition) is 4. The van der Waals surface area contributed by atoms with E-state index in [9.17, 15) is 4.79 Å². The van der Waals surface area contributed by atoms with Crippen LogP contribution < -0.4 is 5.32 Å². The van der Waals surface area contributed by atoms with Gasteiger partial charge in [0.25, 0.3) is 0 Å². The van der Waals surface area contributed by atoms with Crippen LogP contribution in [0.4, 0.5) is 0 Å². The number of nitrogens with zero attached hydrogens (tertiary/aromatic N) is 3. The van der Waals surface area contributed by atoms with Crippen molar-refractivity contribution in [1.29, 1.82) is 0 Å². The van der Waals surface area contributed by atoms with E-state index in [-0.39, 0.29) is 11.9 Å². The zero-order valence-electron chi connectivity index (χ0n) is 20.5. The fourth-order valence-electron chi connectivity index (χ4n) is 4.02. The molecule has 0 radical (unpaired) electrons. The van der Waals surface area contributed by atoms with Crippen LogP contribution in [0.5, 0.6) is 0 Å². The topological polar surface area (TPSA) is 59.8 Å². The normalized spacial score (nSPS) is 12.3. The number of benzene rings is 3. The predicted molar refractivity (Wildman–Crippen MR) is 141 cm³/mol. The molecule has 0 fully saturated rings. The Bertz CT molecular complexity index is 1310. The number of amides is 1. The van der Waals surface area contributed by atoms with Crippen molar-refractivity contribution in [2.75, 3.05) is 5.75 Å². The zero-order chi connectivity index (χ0) is 24.2. The van der Waals surface area contributed by atoms with Crippen LogP contribution in [-0.4, -0.2) is 32.5 Å². The highest BCUT2D eigenvalue weighted by Gasteiger charge is 2.19. The zero-order valence-corrected chi connectivity index (χ0v) is 21.3. The van der Waals surface area contributed by atoms with Gasteiger partial charge in [0.15, 0.2) is 5.16 Å². The number of fused-ring (bicyclic) bond motifs is 1. The summed E-state index contributed by atoms with van der Waals surface area (Å²) in [5, 5.41) is 15.3. The molecule has 0 saturated heterocycles. The van der Waals surface area contributed by atoms with Gasteiger partial charge in [0.05, 0.1) is 11.4 Å². The van der Waals surface area contributed by atoms with Crippen molar-refractivity contribution in [2.24, 2.45) is 5.92 Å². The van der Waals surface area contributed by atoms with Crippen molar-refractivity contribution < 1.29 is 4.79 Å². The molecule has 0 unspecified atom stereocenters. The first-order valence-corrected chi connectivity index (χ1v) is 12.7. The van der Waals surface area contributed by atoms with Gasteiger partial charge in [0, 0.05) is 12.5 Å². The van der Waals surface area contributed by atoms with Gasteiger partial charge in [0.1, 0.15) is 5.82 Å². The average molecular weight is 473 g/mol. The van der Waals surface area contributed by atoms with Crippen molar-refractivity contribution in [3.8, 4) is 5.69 Å². The lowest BCUT2D eigenvalue weighted by atomic mass is 10.0. The first-order valence-electron chi connectivity index (χ1n) is 11.7. The molecule has 0 aliphatic carbocycles. The Kier molecular flexibility index (Phi) is 7.37. The number of aromatic nitrogens is 3. The molecule has 0 aliphatic rings. The summed E-state index contributed by atoms with van der Waals surface area (Å²) in [4.78, 5) is 12.5. The second-order valence-corrected chi connectivity index (χ2v) is 10.2. The highest BCUT2D eigenvalue weighted by Crippen LogP contribution is 2.28. The number of nitrogens with one attached hydrogen (secondary N) is 1. The average Bonchev–Trinajstić information content (AvgIpc) is 3.20. The minimum atomic E-state index is 0.0111. The standard InChI is InChI=1S/C28H32N4OS/c1-18(2)21(5)29-27(33)17-34-28-31-30-26(32(28)25-14-13-19(3)15-20(25)4)16-23-11-8-10-22-9-6-7-12-24(22)23/h6-15,18,21H,16-17H2,1-5H3,(H,29,33)/t21-/m1/s1. The molecule has 0 aliphatic heterocycles. The van der Waals surface area contributed by atoms with Crippen LogP contribution in [0, 0.1) is 19.8 Å². The van der Waals surface area contributed by atoms with Crippen LogP contribution in [0.25, 0.3) is 16.5 Å². The molecular weight excluding hydrogens is 440 g/mol. The molecule has 0 bridgehead atoms. The number of carbonyl (C=O) groups excluding carboxylic acids is 1. The van der Waals surface area contributed by atoms with Crippen molar-refractivity contribution >= 4 is 28.4 Å². The van der Waals surface area contributed by atoms with E-state index in [1.165, 1.54) is 33.7 Å². The third-order valence-corrected chi connectivity index (χ3v) is 7.17. The summed E-state index contributed by atoms with van der Waals surface area (Å²) >= 11 is 1.43. The van der Waals surface area contributed by atoms with Gasteiger partial charge in [-0.25, -0.2) is 0 Å². The molecule has 176 valence electrons. The van der Waals surface area contributed by atoms with Crippen molar-refractivity contribution in [1.82, 2.24) is 20.1 Å². The lowest BCUT2D eigenvalue weighted by molar-refractivity contribution is -0.119. The molecule has 0 saturated carbocycles. The molecule has 4 rings (SSSR count). The second-order valence-electron chi connectivity index (χ2n) is 9.23. The van der Waals surface area contributed by atoms with Crippen LogP contribution in [0.2, 0.25) is 0 Å². The molecule has 5 nitrogen and oxygen atoms in total. The minimum Gasteiger partial charge on any atom is -0.353 e. The van der Waals surface area contributed by atoms with Gasteiger partial charge in [0.2, 0.25) is 5.91 Å². The van der Waals surface area contributed by atoms with Gasteiger partial charge in [-0.1, -0.05) is 85.8 Å². The van der Waals surface area contributed by atoms with E-state index < -0.39 is 0 Å². The van der Waals surface area contributed by atoms with Crippen molar-refractivity contribution in [3.05, 3.63) is 83.2 Å². The van der Waals surface area contributed by atoms with Gasteiger partial charge in [-0.2, -0.15) is 0 Å². The Morgan fingerprint density at radius 1 is 1.00 bits per heavy atom. The summed E-state index contributed by atoms with van der Waals surface area (Å²) in [6.07, 6.45) is 0.652. The first kappa shape index (κ1) is 24.0. The minimum absolute atomic E-state index is 0.0111. The second kappa shape index (κ2) is 10.4. The molecule has 6 heteroatoms. The van der Waals surface area contributed by atoms with E-state index in [1.54, 1.807) is 0 Å². The highest BCUT2D eigenvalue weighted by molar-refractivity contribution is 7.99. The maximum Gasteiger partial charge on any atom is 0.230 e. The van der Waals surface area contributed by atoms with Crippen LogP contribution in [-0.2, 0) is 11.2 Å². The molecule has 3 aromatic carbocycles. The molecule has 1 heterocycles. The van der Waals surface area contributed by atoms with Crippen LogP contribution >= 0.6 is 11.8 Å². The van der Waals surface area contributed by atoms with E-state index in [2.05, 4.69) is 108 Å². The van der Waals surface area contributed by atoms with Gasteiger partial charge in [-0.05, 0) is 54.7 Å². The van der Waals surface area contributed by atoms with Gasteiger partial charge >= 0.3 is 0 Å². The third kappa shape index (κ3) is 5.33. The maximum atomic E-state index is 12.5. The van der Waals surface area contributed by atoms with Gasteiger partial charge in [-0.3, -0.25) is 9.36 Å². The maximum absolute atomic E-state index is 12.5. The fraction of sp³-hybridized carbons (Fsp3) is 0.321. The van der Waals surface area contributed by atoms with E-state index in [0.29, 0.717) is 18.1 Å². The molecule has 1 amide bonds. The number of thioether (sulfide) groups is 1. The molecule has 34 heavy (non-hydrogen) atoms. The fourth-order valence-corrected chi connectivity index (χ4v) is 4.79. The largest absolute Gasteiger partial charge is 0.353 e. The van der Waals surface area contributed by atoms with Crippen LogP contribution in [0.3, 0.4) is 0 Å². The number of aryl methyl sites for hydroxylation is 2. The van der Waals surface area contributed by atoms with E-state index in [4.69, 9.17) is 0 Å². The summed E-state index contributed by atoms with van der Waals surface area (Å²) < 4.78 is 2.11. The Morgan fingerprint density at radius 3 is 2.53 bits per heavy atom. The molecule has 0 spiro atoms. The number of rotatable bonds is 8. The molecule has 1 atom stereocenters. The van der Waals surface area contributed by atoms with E-state index in [0.717, 1.165) is 22.2 Å². The molecule has 1 N–H and O–H groups in total. The first-order chi connectivity index (χ1) is 16.3. The third-order valence-electron chi connectivity index (χ3n) is 6.24. The Balaban J connectivity index is 1.68. The van der Waals surface area contributed by atoms with Crippen LogP contribution in [0.1, 0.15) is 43.3 Å². The molecule has 1 aromatic heterocycles. The van der Waals surface area contributed by atoms with Crippen molar-refractivity contribution in [3.63, 3.8) is 0 Å². The molecular formula is C28H32N4OS. The molecule has 4 aromatic rings. The lowest BCUT2D eigenvalue weighted by Gasteiger charge is -2.17. The number of hydrogen-bond donors (Lipinski definition) is 1. The Morgan fingerprint density at radius 2 is 1.76 bits per heavy atom. The predicted octanol–water partition coefficient (Wildman–Crippen LogP) is 5.88. The quantitative estimate of drug-likeness (QED) is 0.325. The lowest BCUT2D eigenvalue weighted by Crippen LogP contribution is -2.37. The summed E-state index contributed by atoms with van der Waals surface area (Å²) in [6, 6.07) is 21.3. The van der Waals surface area contributed by atoms with E-state index >= 15 is 0 Å². The van der Waals surface area contributed by atoms with Gasteiger partial charge < -0.3 is 5.32 Å². The summed E-state index contributed by atoms with van der Waals surface area (Å²) in [5.41, 5.74) is 4.61. The highest BCUT2D eigenvalue weighted by atomic mass is 32.2. The smallest absolute Gasteiger partial charge is 0.230 e. The van der Waals surface area contributed by atoms with E-state index in [1.807, 2.05) is 6.92 Å². The Labute approximate surface area is 206 Å². The monoisotopic (exact) mass is 472 g/mol. The SMILES string of the molecule is Cc1ccc(-n2c(Cc3cccc4ccccc34)nnc2SCC(=O)N[C@H](C)C(C)C)c(C)c1. The summed E-state index contributed by atoms with van der Waals surface area (Å²) in [5.74, 6) is 1.56. The summed E-state index contributed by atoms with van der Waals surface area (Å²) in [6.45, 7) is 10.4.